The highest BCUT2D eigenvalue weighted by Crippen LogP contribution is 2.41. The first-order valence-electron chi connectivity index (χ1n) is 11.4. The van der Waals surface area contributed by atoms with Crippen molar-refractivity contribution in [1.29, 1.82) is 0 Å². The number of aromatic amines is 1. The number of methoxy groups -OCH3 is 3. The lowest BCUT2D eigenvalue weighted by Crippen LogP contribution is -2.12. The first-order valence-corrected chi connectivity index (χ1v) is 12.3. The van der Waals surface area contributed by atoms with Crippen molar-refractivity contribution in [3.05, 3.63) is 94.2 Å². The van der Waals surface area contributed by atoms with Gasteiger partial charge in [-0.1, -0.05) is 48.5 Å². The van der Waals surface area contributed by atoms with Gasteiger partial charge in [0.25, 0.3) is 0 Å². The minimum Gasteiger partial charge on any atom is -0.493 e. The number of H-pyrrole nitrogens is 1. The molecule has 7 nitrogen and oxygen atoms in total. The number of fused-ring (bicyclic) bond motifs is 1. The van der Waals surface area contributed by atoms with Crippen LogP contribution in [0, 0.1) is 0 Å². The van der Waals surface area contributed by atoms with Crippen molar-refractivity contribution in [2.75, 3.05) is 21.3 Å². The molecule has 0 aliphatic heterocycles. The Morgan fingerprint density at radius 2 is 1.64 bits per heavy atom. The van der Waals surface area contributed by atoms with Gasteiger partial charge in [-0.15, -0.1) is 11.3 Å². The molecule has 0 aliphatic carbocycles. The van der Waals surface area contributed by atoms with Gasteiger partial charge in [0.05, 0.1) is 39.8 Å². The van der Waals surface area contributed by atoms with Crippen LogP contribution in [-0.2, 0) is 6.54 Å². The lowest BCUT2D eigenvalue weighted by Gasteiger charge is -2.14. The van der Waals surface area contributed by atoms with Crippen molar-refractivity contribution in [3.8, 4) is 28.5 Å². The number of aromatic nitrogens is 2. The molecule has 0 saturated carbocycles. The highest BCUT2D eigenvalue weighted by molar-refractivity contribution is 7.07. The molecule has 0 atom stereocenters. The predicted molar refractivity (Wildman–Crippen MR) is 144 cm³/mol. The lowest BCUT2D eigenvalue weighted by molar-refractivity contribution is 0.324. The van der Waals surface area contributed by atoms with Gasteiger partial charge < -0.3 is 19.2 Å². The second-order valence-electron chi connectivity index (χ2n) is 7.97. The molecule has 0 radical (unpaired) electrons. The molecular weight excluding hydrogens is 472 g/mol. The Morgan fingerprint density at radius 3 is 2.36 bits per heavy atom. The number of hydrogen-bond acceptors (Lipinski definition) is 6. The van der Waals surface area contributed by atoms with Crippen LogP contribution in [0.25, 0.3) is 22.2 Å². The van der Waals surface area contributed by atoms with Gasteiger partial charge >= 0.3 is 0 Å². The minimum atomic E-state index is 0.543. The van der Waals surface area contributed by atoms with Crippen LogP contribution in [0.5, 0.6) is 17.2 Å². The number of nitrogens with zero attached hydrogens (tertiary/aromatic N) is 3. The summed E-state index contributed by atoms with van der Waals surface area (Å²) in [4.78, 5) is 8.95. The summed E-state index contributed by atoms with van der Waals surface area (Å²) in [5.41, 5.74) is 4.93. The molecule has 5 rings (SSSR count). The van der Waals surface area contributed by atoms with Crippen LogP contribution >= 0.6 is 11.3 Å². The Labute approximate surface area is 212 Å². The summed E-state index contributed by atoms with van der Waals surface area (Å²) in [6.45, 7) is 0.554. The molecule has 0 bridgehead atoms. The Balaban J connectivity index is 1.64. The van der Waals surface area contributed by atoms with Gasteiger partial charge in [0.1, 0.15) is 0 Å². The monoisotopic (exact) mass is 498 g/mol. The highest BCUT2D eigenvalue weighted by Gasteiger charge is 2.17. The van der Waals surface area contributed by atoms with E-state index in [1.54, 1.807) is 21.3 Å². The van der Waals surface area contributed by atoms with E-state index in [0.717, 1.165) is 38.1 Å². The zero-order chi connectivity index (χ0) is 24.9. The molecule has 1 N–H and O–H groups in total. The molecule has 3 aromatic carbocycles. The third-order valence-electron chi connectivity index (χ3n) is 5.82. The van der Waals surface area contributed by atoms with Gasteiger partial charge in [0.15, 0.2) is 11.5 Å². The fraction of sp³-hybridized carbons (Fsp3) is 0.143. The molecule has 8 heteroatoms. The van der Waals surface area contributed by atoms with E-state index >= 15 is 0 Å². The lowest BCUT2D eigenvalue weighted by atomic mass is 10.1. The summed E-state index contributed by atoms with van der Waals surface area (Å²) < 4.78 is 18.5. The van der Waals surface area contributed by atoms with Gasteiger partial charge in [-0.3, -0.25) is 4.99 Å². The van der Waals surface area contributed by atoms with E-state index < -0.39 is 0 Å². The van der Waals surface area contributed by atoms with Gasteiger partial charge in [0.2, 0.25) is 10.6 Å². The third kappa shape index (κ3) is 4.63. The fourth-order valence-corrected chi connectivity index (χ4v) is 4.85. The number of hydrogen-bond donors (Lipinski definition) is 1. The molecule has 182 valence electrons. The number of benzene rings is 3. The van der Waals surface area contributed by atoms with Crippen LogP contribution in [-0.4, -0.2) is 37.2 Å². The van der Waals surface area contributed by atoms with E-state index in [4.69, 9.17) is 24.3 Å². The Hall–Kier alpha value is -4.30. The molecule has 0 fully saturated rings. The summed E-state index contributed by atoms with van der Waals surface area (Å²) in [5, 5.41) is 8.02. The molecule has 0 saturated heterocycles. The van der Waals surface area contributed by atoms with E-state index in [1.807, 2.05) is 71.0 Å². The topological polar surface area (TPSA) is 73.1 Å². The molecule has 0 amide bonds. The van der Waals surface area contributed by atoms with E-state index in [2.05, 4.69) is 23.2 Å². The quantitative estimate of drug-likeness (QED) is 0.279. The van der Waals surface area contributed by atoms with Crippen LogP contribution in [0.1, 0.15) is 11.1 Å². The van der Waals surface area contributed by atoms with Crippen LogP contribution in [0.2, 0.25) is 0 Å². The van der Waals surface area contributed by atoms with Gasteiger partial charge in [-0.25, -0.2) is 4.68 Å². The van der Waals surface area contributed by atoms with Crippen molar-refractivity contribution >= 4 is 28.5 Å². The maximum atomic E-state index is 5.58. The zero-order valence-corrected chi connectivity index (χ0v) is 21.1. The van der Waals surface area contributed by atoms with E-state index in [9.17, 15) is 0 Å². The molecule has 5 aromatic rings. The minimum absolute atomic E-state index is 0.543. The van der Waals surface area contributed by atoms with Gasteiger partial charge in [-0.2, -0.15) is 5.10 Å². The number of rotatable bonds is 8. The predicted octanol–water partition coefficient (Wildman–Crippen LogP) is 5.71. The van der Waals surface area contributed by atoms with E-state index in [-0.39, 0.29) is 0 Å². The maximum absolute atomic E-state index is 5.58. The second-order valence-corrected chi connectivity index (χ2v) is 8.80. The highest BCUT2D eigenvalue weighted by atomic mass is 32.1. The smallest absolute Gasteiger partial charge is 0.206 e. The van der Waals surface area contributed by atoms with Crippen molar-refractivity contribution in [2.24, 2.45) is 10.1 Å². The normalized spacial score (nSPS) is 11.9. The number of thiazole rings is 1. The summed E-state index contributed by atoms with van der Waals surface area (Å²) in [7, 11) is 4.81. The Bertz CT molecular complexity index is 1560. The Morgan fingerprint density at radius 1 is 0.917 bits per heavy atom. The molecule has 2 aromatic heterocycles. The number of para-hydroxylation sites is 1. The van der Waals surface area contributed by atoms with Crippen LogP contribution in [0.4, 0.5) is 0 Å². The summed E-state index contributed by atoms with van der Waals surface area (Å²) in [6, 6.07) is 22.2. The largest absolute Gasteiger partial charge is 0.493 e. The maximum Gasteiger partial charge on any atom is 0.206 e. The second kappa shape index (κ2) is 10.5. The molecule has 36 heavy (non-hydrogen) atoms. The van der Waals surface area contributed by atoms with Crippen molar-refractivity contribution in [1.82, 2.24) is 9.66 Å². The van der Waals surface area contributed by atoms with Crippen molar-refractivity contribution in [2.45, 2.75) is 6.54 Å². The van der Waals surface area contributed by atoms with E-state index in [0.29, 0.717) is 23.8 Å². The van der Waals surface area contributed by atoms with Gasteiger partial charge in [-0.05, 0) is 23.8 Å². The molecular formula is C28H26N4O3S. The SMILES string of the molecule is COc1cc(-c2csc(=NCc3ccccc3)n2N=Cc2c[nH]c3ccccc23)cc(OC)c1OC. The van der Waals surface area contributed by atoms with Crippen LogP contribution in [0.3, 0.4) is 0 Å². The summed E-state index contributed by atoms with van der Waals surface area (Å²) in [6.07, 6.45) is 3.82. The Kier molecular flexibility index (Phi) is 6.86. The molecule has 0 spiro atoms. The average molecular weight is 499 g/mol. The van der Waals surface area contributed by atoms with Crippen LogP contribution in [0.15, 0.2) is 88.4 Å². The fourth-order valence-electron chi connectivity index (χ4n) is 4.01. The zero-order valence-electron chi connectivity index (χ0n) is 20.3. The van der Waals surface area contributed by atoms with Crippen LogP contribution < -0.4 is 19.0 Å². The van der Waals surface area contributed by atoms with E-state index in [1.165, 1.54) is 11.3 Å². The summed E-state index contributed by atoms with van der Waals surface area (Å²) >= 11 is 1.53. The molecule has 0 aliphatic rings. The summed E-state index contributed by atoms with van der Waals surface area (Å²) in [5.74, 6) is 1.70. The average Bonchev–Trinajstić information content (AvgIpc) is 3.54. The first-order chi connectivity index (χ1) is 17.7. The van der Waals surface area contributed by atoms with Gasteiger partial charge in [0, 0.05) is 33.6 Å². The molecule has 0 unspecified atom stereocenters. The first kappa shape index (κ1) is 23.4. The van der Waals surface area contributed by atoms with Crippen molar-refractivity contribution < 1.29 is 14.2 Å². The number of ether oxygens (including phenoxy) is 3. The number of nitrogens with one attached hydrogen (secondary N) is 1. The van der Waals surface area contributed by atoms with Crippen molar-refractivity contribution in [3.63, 3.8) is 0 Å². The standard InChI is InChI=1S/C28H26N4O3S/c1-33-25-13-20(14-26(34-2)27(25)35-3)24-18-36-28(30-15-19-9-5-4-6-10-19)32(24)31-17-21-16-29-23-12-8-7-11-22(21)23/h4-14,16-18,29H,15H2,1-3H3. The molecule has 2 heterocycles. The third-order valence-corrected chi connectivity index (χ3v) is 6.67.